The first-order valence-electron chi connectivity index (χ1n) is 8.45. The van der Waals surface area contributed by atoms with Crippen LogP contribution in [0.4, 0.5) is 0 Å². The van der Waals surface area contributed by atoms with Crippen LogP contribution in [0.3, 0.4) is 0 Å². The largest absolute Gasteiger partial charge is 0.393 e. The van der Waals surface area contributed by atoms with E-state index in [2.05, 4.69) is 4.90 Å². The fourth-order valence-electron chi connectivity index (χ4n) is 6.21. The Bertz CT molecular complexity index is 403. The Kier molecular flexibility index (Phi) is 2.74. The van der Waals surface area contributed by atoms with E-state index in [0.717, 1.165) is 36.6 Å². The van der Waals surface area contributed by atoms with Gasteiger partial charge in [-0.2, -0.15) is 0 Å². The number of hydrogen-bond acceptors (Lipinski definition) is 4. The van der Waals surface area contributed by atoms with E-state index in [0.29, 0.717) is 24.9 Å². The minimum atomic E-state index is -0.0570. The highest BCUT2D eigenvalue weighted by atomic mass is 16.7. The summed E-state index contributed by atoms with van der Waals surface area (Å²) in [4.78, 5) is 2.75. The molecular weight excluding hydrogens is 254 g/mol. The van der Waals surface area contributed by atoms with E-state index >= 15 is 0 Å². The zero-order valence-corrected chi connectivity index (χ0v) is 12.0. The van der Waals surface area contributed by atoms with E-state index in [9.17, 15) is 5.11 Å². The average Bonchev–Trinajstić information content (AvgIpc) is 3.04. The molecule has 0 spiro atoms. The van der Waals surface area contributed by atoms with Crippen LogP contribution in [0.5, 0.6) is 0 Å². The van der Waals surface area contributed by atoms with Crippen molar-refractivity contribution in [1.82, 2.24) is 4.90 Å². The summed E-state index contributed by atoms with van der Waals surface area (Å²) < 4.78 is 11.5. The van der Waals surface area contributed by atoms with Crippen LogP contribution in [-0.2, 0) is 9.47 Å². The summed E-state index contributed by atoms with van der Waals surface area (Å²) >= 11 is 0. The predicted octanol–water partition coefficient (Wildman–Crippen LogP) is 1.23. The molecule has 8 unspecified atom stereocenters. The lowest BCUT2D eigenvalue weighted by atomic mass is 9.60. The SMILES string of the molecule is OC1CC2CCN3CC4CC5OCOC5CC4C(C1)C23. The fraction of sp³-hybridized carbons (Fsp3) is 1.00. The molecule has 0 aromatic carbocycles. The number of fused-ring (bicyclic) bond motifs is 3. The smallest absolute Gasteiger partial charge is 0.147 e. The van der Waals surface area contributed by atoms with Crippen LogP contribution in [0.2, 0.25) is 0 Å². The van der Waals surface area contributed by atoms with Gasteiger partial charge in [0.25, 0.3) is 0 Å². The van der Waals surface area contributed by atoms with Crippen molar-refractivity contribution in [2.45, 2.75) is 56.5 Å². The lowest BCUT2D eigenvalue weighted by Crippen LogP contribution is -2.58. The van der Waals surface area contributed by atoms with Gasteiger partial charge in [-0.1, -0.05) is 0 Å². The molecule has 0 bridgehead atoms. The van der Waals surface area contributed by atoms with Crippen molar-refractivity contribution >= 4 is 0 Å². The Morgan fingerprint density at radius 2 is 1.75 bits per heavy atom. The average molecular weight is 279 g/mol. The number of hydrogen-bond donors (Lipinski definition) is 1. The Morgan fingerprint density at radius 3 is 2.65 bits per heavy atom. The number of aliphatic hydroxyl groups excluding tert-OH is 1. The first kappa shape index (κ1) is 12.4. The van der Waals surface area contributed by atoms with Crippen molar-refractivity contribution in [3.05, 3.63) is 0 Å². The third-order valence-electron chi connectivity index (χ3n) is 6.89. The summed E-state index contributed by atoms with van der Waals surface area (Å²) in [6.45, 7) is 3.02. The molecule has 0 aromatic rings. The van der Waals surface area contributed by atoms with Gasteiger partial charge in [-0.3, -0.25) is 4.90 Å². The maximum Gasteiger partial charge on any atom is 0.147 e. The zero-order chi connectivity index (χ0) is 13.3. The molecule has 20 heavy (non-hydrogen) atoms. The van der Waals surface area contributed by atoms with Gasteiger partial charge in [0.2, 0.25) is 0 Å². The number of aliphatic hydroxyl groups is 1. The van der Waals surface area contributed by atoms with Crippen LogP contribution >= 0.6 is 0 Å². The quantitative estimate of drug-likeness (QED) is 0.724. The molecule has 1 N–H and O–H groups in total. The van der Waals surface area contributed by atoms with E-state index < -0.39 is 0 Å². The van der Waals surface area contributed by atoms with E-state index in [-0.39, 0.29) is 6.10 Å². The normalized spacial score (nSPS) is 58.0. The highest BCUT2D eigenvalue weighted by Gasteiger charge is 2.55. The Balaban J connectivity index is 1.45. The molecule has 3 saturated heterocycles. The molecule has 2 aliphatic carbocycles. The standard InChI is InChI=1S/C16H25NO3/c18-11-3-9-1-2-17-7-10-4-14-15(20-8-19-14)6-12(10)13(5-11)16(9)17/h9-16,18H,1-8H2. The summed E-state index contributed by atoms with van der Waals surface area (Å²) in [5.74, 6) is 2.98. The van der Waals surface area contributed by atoms with Crippen LogP contribution in [0.15, 0.2) is 0 Å². The molecule has 3 heterocycles. The third-order valence-corrected chi connectivity index (χ3v) is 6.89. The zero-order valence-electron chi connectivity index (χ0n) is 12.0. The number of nitrogens with zero attached hydrogens (tertiary/aromatic N) is 1. The minimum absolute atomic E-state index is 0.0570. The van der Waals surface area contributed by atoms with Crippen LogP contribution in [0.25, 0.3) is 0 Å². The topological polar surface area (TPSA) is 41.9 Å². The summed E-state index contributed by atoms with van der Waals surface area (Å²) in [6, 6.07) is 0.763. The van der Waals surface area contributed by atoms with Crippen LogP contribution in [0.1, 0.15) is 32.1 Å². The van der Waals surface area contributed by atoms with Crippen molar-refractivity contribution in [3.8, 4) is 0 Å². The van der Waals surface area contributed by atoms with Gasteiger partial charge in [-0.25, -0.2) is 0 Å². The van der Waals surface area contributed by atoms with Gasteiger partial charge >= 0.3 is 0 Å². The van der Waals surface area contributed by atoms with Gasteiger partial charge < -0.3 is 14.6 Å². The fourth-order valence-corrected chi connectivity index (χ4v) is 6.21. The minimum Gasteiger partial charge on any atom is -0.393 e. The summed E-state index contributed by atoms with van der Waals surface area (Å²) in [5.41, 5.74) is 0. The van der Waals surface area contributed by atoms with E-state index in [1.54, 1.807) is 0 Å². The molecule has 0 aromatic heterocycles. The molecule has 5 rings (SSSR count). The van der Waals surface area contributed by atoms with Gasteiger partial charge in [0.1, 0.15) is 6.79 Å². The Labute approximate surface area is 120 Å². The maximum atomic E-state index is 10.3. The summed E-state index contributed by atoms with van der Waals surface area (Å²) in [6.07, 6.45) is 6.34. The molecule has 5 fully saturated rings. The van der Waals surface area contributed by atoms with E-state index in [4.69, 9.17) is 9.47 Å². The molecule has 112 valence electrons. The second-order valence-corrected chi connectivity index (χ2v) is 7.75. The Morgan fingerprint density at radius 1 is 0.900 bits per heavy atom. The molecule has 4 heteroatoms. The number of ether oxygens (including phenoxy) is 2. The first-order chi connectivity index (χ1) is 9.79. The first-order valence-corrected chi connectivity index (χ1v) is 8.45. The molecule has 0 amide bonds. The van der Waals surface area contributed by atoms with E-state index in [1.165, 1.54) is 32.4 Å². The van der Waals surface area contributed by atoms with Crippen molar-refractivity contribution in [2.24, 2.45) is 23.7 Å². The monoisotopic (exact) mass is 279 g/mol. The molecule has 2 saturated carbocycles. The number of piperidine rings is 1. The van der Waals surface area contributed by atoms with Gasteiger partial charge in [-0.15, -0.1) is 0 Å². The van der Waals surface area contributed by atoms with Crippen molar-refractivity contribution in [3.63, 3.8) is 0 Å². The second-order valence-electron chi connectivity index (χ2n) is 7.75. The number of rotatable bonds is 0. The van der Waals surface area contributed by atoms with Crippen LogP contribution in [0, 0.1) is 23.7 Å². The lowest BCUT2D eigenvalue weighted by Gasteiger charge is -2.54. The highest BCUT2D eigenvalue weighted by Crippen LogP contribution is 2.53. The van der Waals surface area contributed by atoms with Gasteiger partial charge in [0.05, 0.1) is 18.3 Å². The van der Waals surface area contributed by atoms with Crippen molar-refractivity contribution in [2.75, 3.05) is 19.9 Å². The molecule has 0 radical (unpaired) electrons. The second kappa shape index (κ2) is 4.42. The third kappa shape index (κ3) is 1.68. The molecule has 4 nitrogen and oxygen atoms in total. The van der Waals surface area contributed by atoms with Crippen LogP contribution in [-0.4, -0.2) is 54.2 Å². The maximum absolute atomic E-state index is 10.3. The van der Waals surface area contributed by atoms with Gasteiger partial charge in [0.15, 0.2) is 0 Å². The summed E-state index contributed by atoms with van der Waals surface area (Å²) in [7, 11) is 0. The van der Waals surface area contributed by atoms with Crippen molar-refractivity contribution in [1.29, 1.82) is 0 Å². The molecule has 8 atom stereocenters. The predicted molar refractivity (Wildman–Crippen MR) is 73.0 cm³/mol. The van der Waals surface area contributed by atoms with Crippen LogP contribution < -0.4 is 0 Å². The van der Waals surface area contributed by atoms with E-state index in [1.807, 2.05) is 0 Å². The Hall–Kier alpha value is -0.160. The molecule has 5 aliphatic rings. The molecule has 3 aliphatic heterocycles. The summed E-state index contributed by atoms with van der Waals surface area (Å²) in [5, 5.41) is 10.3. The lowest BCUT2D eigenvalue weighted by molar-refractivity contribution is -0.0887. The van der Waals surface area contributed by atoms with Crippen molar-refractivity contribution < 1.29 is 14.6 Å². The van der Waals surface area contributed by atoms with Gasteiger partial charge in [0, 0.05) is 12.6 Å². The van der Waals surface area contributed by atoms with Gasteiger partial charge in [-0.05, 0) is 62.3 Å². The highest BCUT2D eigenvalue weighted by molar-refractivity contribution is 5.07. The molecular formula is C16H25NO3.